The summed E-state index contributed by atoms with van der Waals surface area (Å²) in [5, 5.41) is 13.5. The van der Waals surface area contributed by atoms with Crippen LogP contribution in [0, 0.1) is 0 Å². The molecule has 1 aromatic rings. The maximum Gasteiger partial charge on any atom is 0.243 e. The van der Waals surface area contributed by atoms with Crippen molar-refractivity contribution in [3.05, 3.63) is 34.9 Å². The highest BCUT2D eigenvalue weighted by Crippen LogP contribution is 2.15. The van der Waals surface area contributed by atoms with Crippen molar-refractivity contribution in [1.82, 2.24) is 5.32 Å². The number of amides is 1. The van der Waals surface area contributed by atoms with Crippen molar-refractivity contribution in [2.24, 2.45) is 5.73 Å². The second-order valence-electron chi connectivity index (χ2n) is 3.79. The summed E-state index contributed by atoms with van der Waals surface area (Å²) < 4.78 is 4.96. The first-order valence-electron chi connectivity index (χ1n) is 5.60. The van der Waals surface area contributed by atoms with E-state index in [0.717, 1.165) is 5.56 Å². The molecule has 4 N–H and O–H groups in total. The number of hydrogen-bond acceptors (Lipinski definition) is 4. The van der Waals surface area contributed by atoms with E-state index < -0.39 is 12.0 Å². The lowest BCUT2D eigenvalue weighted by Crippen LogP contribution is -2.27. The number of rotatable bonds is 8. The zero-order valence-electron chi connectivity index (χ0n) is 9.93. The number of halogens is 1. The van der Waals surface area contributed by atoms with E-state index in [-0.39, 0.29) is 6.61 Å². The van der Waals surface area contributed by atoms with Crippen LogP contribution in [0.4, 0.5) is 0 Å². The van der Waals surface area contributed by atoms with Crippen LogP contribution in [0.2, 0.25) is 5.02 Å². The molecule has 0 saturated heterocycles. The van der Waals surface area contributed by atoms with Gasteiger partial charge < -0.3 is 20.9 Å². The largest absolute Gasteiger partial charge is 0.387 e. The zero-order valence-corrected chi connectivity index (χ0v) is 10.7. The lowest BCUT2D eigenvalue weighted by Gasteiger charge is -2.12. The number of nitrogens with two attached hydrogens (primary N) is 1. The Morgan fingerprint density at radius 3 is 2.72 bits per heavy atom. The molecule has 1 amide bonds. The molecule has 0 heterocycles. The van der Waals surface area contributed by atoms with Crippen molar-refractivity contribution in [1.29, 1.82) is 0 Å². The van der Waals surface area contributed by atoms with E-state index in [1.165, 1.54) is 0 Å². The Hall–Kier alpha value is -1.14. The van der Waals surface area contributed by atoms with Gasteiger partial charge in [-0.3, -0.25) is 4.79 Å². The highest BCUT2D eigenvalue weighted by atomic mass is 35.5. The number of ether oxygens (including phenoxy) is 1. The molecule has 0 spiro atoms. The van der Waals surface area contributed by atoms with Crippen LogP contribution in [0.15, 0.2) is 24.3 Å². The van der Waals surface area contributed by atoms with Gasteiger partial charge in [0.2, 0.25) is 5.91 Å². The molecule has 100 valence electrons. The summed E-state index contributed by atoms with van der Waals surface area (Å²) in [5.41, 5.74) is 5.70. The molecular formula is C12H17ClN2O3. The fourth-order valence-electron chi connectivity index (χ4n) is 1.36. The Morgan fingerprint density at radius 2 is 2.11 bits per heavy atom. The number of carbonyl (C=O) groups excluding carboxylic acids is 1. The van der Waals surface area contributed by atoms with Crippen LogP contribution in [-0.4, -0.2) is 37.3 Å². The van der Waals surface area contributed by atoms with Gasteiger partial charge in [0.1, 0.15) is 6.61 Å². The number of aliphatic hydroxyl groups is 1. The normalized spacial score (nSPS) is 12.3. The molecule has 0 fully saturated rings. The first-order valence-corrected chi connectivity index (χ1v) is 5.97. The standard InChI is InChI=1S/C12H17ClN2O3/c13-10-3-1-9(2-4-10)11(16)7-15-5-6-18-8-12(14)17/h1-4,11,15-16H,5-8H2,(H2,14,17). The molecule has 1 aromatic carbocycles. The minimum Gasteiger partial charge on any atom is -0.387 e. The first kappa shape index (κ1) is 14.9. The van der Waals surface area contributed by atoms with Crippen molar-refractivity contribution < 1.29 is 14.6 Å². The summed E-state index contributed by atoms with van der Waals surface area (Å²) in [5.74, 6) is -0.490. The third kappa shape index (κ3) is 5.97. The van der Waals surface area contributed by atoms with Gasteiger partial charge in [-0.2, -0.15) is 0 Å². The van der Waals surface area contributed by atoms with Gasteiger partial charge in [0.15, 0.2) is 0 Å². The zero-order chi connectivity index (χ0) is 13.4. The molecule has 1 atom stereocenters. The van der Waals surface area contributed by atoms with E-state index in [0.29, 0.717) is 24.7 Å². The second-order valence-corrected chi connectivity index (χ2v) is 4.23. The quantitative estimate of drug-likeness (QED) is 0.601. The SMILES string of the molecule is NC(=O)COCCNCC(O)c1ccc(Cl)cc1. The molecule has 0 aliphatic heterocycles. The van der Waals surface area contributed by atoms with Gasteiger partial charge in [-0.15, -0.1) is 0 Å². The molecule has 5 nitrogen and oxygen atoms in total. The molecule has 1 rings (SSSR count). The van der Waals surface area contributed by atoms with Crippen molar-refractivity contribution in [3.8, 4) is 0 Å². The molecule has 0 aromatic heterocycles. The van der Waals surface area contributed by atoms with Crippen LogP contribution in [-0.2, 0) is 9.53 Å². The van der Waals surface area contributed by atoms with E-state index in [2.05, 4.69) is 5.32 Å². The molecular weight excluding hydrogens is 256 g/mol. The van der Waals surface area contributed by atoms with Crippen molar-refractivity contribution >= 4 is 17.5 Å². The van der Waals surface area contributed by atoms with Gasteiger partial charge >= 0.3 is 0 Å². The number of aliphatic hydroxyl groups excluding tert-OH is 1. The minimum atomic E-state index is -0.599. The first-order chi connectivity index (χ1) is 8.59. The summed E-state index contributed by atoms with van der Waals surface area (Å²) >= 11 is 5.75. The molecule has 6 heteroatoms. The fourth-order valence-corrected chi connectivity index (χ4v) is 1.48. The Morgan fingerprint density at radius 1 is 1.44 bits per heavy atom. The molecule has 0 radical (unpaired) electrons. The Labute approximate surface area is 111 Å². The van der Waals surface area contributed by atoms with E-state index >= 15 is 0 Å². The summed E-state index contributed by atoms with van der Waals surface area (Å²) in [6, 6.07) is 7.02. The Kier molecular flexibility index (Phi) is 6.67. The van der Waals surface area contributed by atoms with Gasteiger partial charge in [-0.25, -0.2) is 0 Å². The number of carbonyl (C=O) groups is 1. The van der Waals surface area contributed by atoms with E-state index in [4.69, 9.17) is 22.1 Å². The highest BCUT2D eigenvalue weighted by Gasteiger charge is 2.06. The molecule has 0 aliphatic rings. The molecule has 1 unspecified atom stereocenters. The monoisotopic (exact) mass is 272 g/mol. The van der Waals surface area contributed by atoms with Gasteiger partial charge in [0.25, 0.3) is 0 Å². The highest BCUT2D eigenvalue weighted by molar-refractivity contribution is 6.30. The third-order valence-corrected chi connectivity index (χ3v) is 2.51. The van der Waals surface area contributed by atoms with Crippen LogP contribution >= 0.6 is 11.6 Å². The predicted molar refractivity (Wildman–Crippen MR) is 69.3 cm³/mol. The van der Waals surface area contributed by atoms with Gasteiger partial charge in [-0.1, -0.05) is 23.7 Å². The van der Waals surface area contributed by atoms with Crippen LogP contribution in [0.5, 0.6) is 0 Å². The van der Waals surface area contributed by atoms with E-state index in [1.807, 2.05) is 0 Å². The van der Waals surface area contributed by atoms with E-state index in [1.54, 1.807) is 24.3 Å². The maximum atomic E-state index is 10.4. The van der Waals surface area contributed by atoms with Gasteiger partial charge in [-0.05, 0) is 17.7 Å². The lowest BCUT2D eigenvalue weighted by molar-refractivity contribution is -0.122. The number of hydrogen-bond donors (Lipinski definition) is 3. The smallest absolute Gasteiger partial charge is 0.243 e. The number of primary amides is 1. The topological polar surface area (TPSA) is 84.6 Å². The molecule has 0 bridgehead atoms. The van der Waals surface area contributed by atoms with E-state index in [9.17, 15) is 9.90 Å². The fraction of sp³-hybridized carbons (Fsp3) is 0.417. The van der Waals surface area contributed by atoms with Gasteiger partial charge in [0, 0.05) is 18.1 Å². The predicted octanol–water partition coefficient (Wildman–Crippen LogP) is 0.465. The van der Waals surface area contributed by atoms with Gasteiger partial charge in [0.05, 0.1) is 12.7 Å². The van der Waals surface area contributed by atoms with Crippen LogP contribution in [0.1, 0.15) is 11.7 Å². The Balaban J connectivity index is 2.15. The van der Waals surface area contributed by atoms with Crippen LogP contribution in [0.25, 0.3) is 0 Å². The van der Waals surface area contributed by atoms with Crippen molar-refractivity contribution in [2.45, 2.75) is 6.10 Å². The Bertz CT molecular complexity index is 370. The minimum absolute atomic E-state index is 0.0819. The number of nitrogens with one attached hydrogen (secondary N) is 1. The summed E-state index contributed by atoms with van der Waals surface area (Å²) in [6.45, 7) is 1.23. The van der Waals surface area contributed by atoms with Crippen molar-refractivity contribution in [3.63, 3.8) is 0 Å². The third-order valence-electron chi connectivity index (χ3n) is 2.26. The van der Waals surface area contributed by atoms with Crippen LogP contribution < -0.4 is 11.1 Å². The van der Waals surface area contributed by atoms with Crippen LogP contribution in [0.3, 0.4) is 0 Å². The summed E-state index contributed by atoms with van der Waals surface area (Å²) in [6.07, 6.45) is -0.599. The average molecular weight is 273 g/mol. The molecule has 0 saturated carbocycles. The number of benzene rings is 1. The molecule has 0 aliphatic carbocycles. The second kappa shape index (κ2) is 8.05. The average Bonchev–Trinajstić information content (AvgIpc) is 2.34. The lowest BCUT2D eigenvalue weighted by atomic mass is 10.1. The van der Waals surface area contributed by atoms with Crippen molar-refractivity contribution in [2.75, 3.05) is 26.3 Å². The summed E-state index contributed by atoms with van der Waals surface area (Å²) in [7, 11) is 0. The molecule has 18 heavy (non-hydrogen) atoms. The maximum absolute atomic E-state index is 10.4. The summed E-state index contributed by atoms with van der Waals surface area (Å²) in [4.78, 5) is 10.4.